The quantitative estimate of drug-likeness (QED) is 0.777. The second-order valence-corrected chi connectivity index (χ2v) is 4.31. The van der Waals surface area contributed by atoms with Crippen LogP contribution in [0.15, 0.2) is 54.6 Å². The maximum Gasteiger partial charge on any atom is 0.0881 e. The minimum Gasteiger partial charge on any atom is -0.388 e. The Balaban J connectivity index is 2.24. The van der Waals surface area contributed by atoms with Crippen molar-refractivity contribution in [1.29, 1.82) is 0 Å². The summed E-state index contributed by atoms with van der Waals surface area (Å²) in [5.74, 6) is 0. The molecule has 0 fully saturated rings. The second-order valence-electron chi connectivity index (χ2n) is 4.31. The standard InChI is InChI=1S/C14H16O/c1-14(10-6-3-7-11-14)13(15)12-8-4-2-5-9-12/h2-10,13,15H,11H2,1H3. The van der Waals surface area contributed by atoms with Crippen molar-refractivity contribution < 1.29 is 5.11 Å². The minimum atomic E-state index is -0.431. The maximum atomic E-state index is 10.3. The molecule has 1 N–H and O–H groups in total. The molecule has 78 valence electrons. The number of aliphatic hydroxyl groups is 1. The second kappa shape index (κ2) is 4.03. The molecule has 0 spiro atoms. The van der Waals surface area contributed by atoms with Gasteiger partial charge in [-0.1, -0.05) is 61.6 Å². The molecule has 2 rings (SSSR count). The third-order valence-electron chi connectivity index (χ3n) is 3.02. The van der Waals surface area contributed by atoms with E-state index in [4.69, 9.17) is 0 Å². The molecule has 1 aromatic carbocycles. The van der Waals surface area contributed by atoms with Crippen molar-refractivity contribution in [3.63, 3.8) is 0 Å². The monoisotopic (exact) mass is 200 g/mol. The molecule has 0 heterocycles. The summed E-state index contributed by atoms with van der Waals surface area (Å²) in [5.41, 5.74) is 0.816. The Kier molecular flexibility index (Phi) is 2.74. The van der Waals surface area contributed by atoms with Crippen LogP contribution >= 0.6 is 0 Å². The van der Waals surface area contributed by atoms with E-state index in [1.807, 2.05) is 42.5 Å². The molecular weight excluding hydrogens is 184 g/mol. The maximum absolute atomic E-state index is 10.3. The van der Waals surface area contributed by atoms with Gasteiger partial charge >= 0.3 is 0 Å². The largest absolute Gasteiger partial charge is 0.388 e. The van der Waals surface area contributed by atoms with Gasteiger partial charge in [-0.2, -0.15) is 0 Å². The van der Waals surface area contributed by atoms with Gasteiger partial charge in [-0.15, -0.1) is 0 Å². The topological polar surface area (TPSA) is 20.2 Å². The van der Waals surface area contributed by atoms with Crippen LogP contribution in [-0.4, -0.2) is 5.11 Å². The van der Waals surface area contributed by atoms with E-state index in [1.54, 1.807) is 0 Å². The molecule has 0 aliphatic heterocycles. The Morgan fingerprint density at radius 2 is 1.93 bits per heavy atom. The van der Waals surface area contributed by atoms with Crippen molar-refractivity contribution in [2.75, 3.05) is 0 Å². The Bertz CT molecular complexity index is 378. The van der Waals surface area contributed by atoms with Crippen LogP contribution in [0.3, 0.4) is 0 Å². The van der Waals surface area contributed by atoms with E-state index in [-0.39, 0.29) is 5.41 Å². The summed E-state index contributed by atoms with van der Waals surface area (Å²) in [6, 6.07) is 9.84. The van der Waals surface area contributed by atoms with E-state index < -0.39 is 6.10 Å². The van der Waals surface area contributed by atoms with Crippen molar-refractivity contribution in [1.82, 2.24) is 0 Å². The van der Waals surface area contributed by atoms with Gasteiger partial charge in [0.05, 0.1) is 6.10 Å². The van der Waals surface area contributed by atoms with Gasteiger partial charge in [0.2, 0.25) is 0 Å². The highest BCUT2D eigenvalue weighted by Crippen LogP contribution is 2.39. The van der Waals surface area contributed by atoms with E-state index in [2.05, 4.69) is 19.1 Å². The third-order valence-corrected chi connectivity index (χ3v) is 3.02. The highest BCUT2D eigenvalue weighted by molar-refractivity contribution is 5.25. The van der Waals surface area contributed by atoms with Crippen molar-refractivity contribution in [3.8, 4) is 0 Å². The van der Waals surface area contributed by atoms with E-state index in [1.165, 1.54) is 0 Å². The van der Waals surface area contributed by atoms with E-state index in [0.717, 1.165) is 12.0 Å². The van der Waals surface area contributed by atoms with Crippen LogP contribution in [0.5, 0.6) is 0 Å². The highest BCUT2D eigenvalue weighted by Gasteiger charge is 2.30. The first-order valence-corrected chi connectivity index (χ1v) is 5.30. The lowest BCUT2D eigenvalue weighted by Gasteiger charge is -2.32. The number of hydrogen-bond acceptors (Lipinski definition) is 1. The minimum absolute atomic E-state index is 0.171. The van der Waals surface area contributed by atoms with Crippen LogP contribution in [-0.2, 0) is 0 Å². The zero-order valence-corrected chi connectivity index (χ0v) is 8.93. The fourth-order valence-corrected chi connectivity index (χ4v) is 1.96. The molecule has 2 unspecified atom stereocenters. The average molecular weight is 200 g/mol. The zero-order chi connectivity index (χ0) is 10.7. The number of allylic oxidation sites excluding steroid dienone is 3. The average Bonchev–Trinajstić information content (AvgIpc) is 2.30. The lowest BCUT2D eigenvalue weighted by molar-refractivity contribution is 0.0709. The molecule has 2 atom stereocenters. The Labute approximate surface area is 90.8 Å². The van der Waals surface area contributed by atoms with Gasteiger partial charge in [0.25, 0.3) is 0 Å². The summed E-state index contributed by atoms with van der Waals surface area (Å²) in [4.78, 5) is 0. The molecule has 0 amide bonds. The van der Waals surface area contributed by atoms with Gasteiger partial charge in [0.15, 0.2) is 0 Å². The van der Waals surface area contributed by atoms with Crippen LogP contribution in [0.2, 0.25) is 0 Å². The first kappa shape index (κ1) is 10.2. The van der Waals surface area contributed by atoms with Crippen molar-refractivity contribution >= 4 is 0 Å². The first-order valence-electron chi connectivity index (χ1n) is 5.30. The van der Waals surface area contributed by atoms with Gasteiger partial charge in [-0.05, 0) is 12.0 Å². The number of aliphatic hydroxyl groups excluding tert-OH is 1. The molecule has 0 saturated carbocycles. The van der Waals surface area contributed by atoms with Crippen LogP contribution in [0.4, 0.5) is 0 Å². The zero-order valence-electron chi connectivity index (χ0n) is 8.93. The fraction of sp³-hybridized carbons (Fsp3) is 0.286. The van der Waals surface area contributed by atoms with E-state index >= 15 is 0 Å². The van der Waals surface area contributed by atoms with Crippen LogP contribution in [0, 0.1) is 5.41 Å². The Morgan fingerprint density at radius 1 is 1.20 bits per heavy atom. The highest BCUT2D eigenvalue weighted by atomic mass is 16.3. The van der Waals surface area contributed by atoms with Crippen LogP contribution in [0.25, 0.3) is 0 Å². The summed E-state index contributed by atoms with van der Waals surface area (Å²) in [7, 11) is 0. The summed E-state index contributed by atoms with van der Waals surface area (Å²) in [5, 5.41) is 10.3. The predicted octanol–water partition coefficient (Wildman–Crippen LogP) is 3.24. The van der Waals surface area contributed by atoms with E-state index in [9.17, 15) is 5.11 Å². The fourth-order valence-electron chi connectivity index (χ4n) is 1.96. The van der Waals surface area contributed by atoms with Crippen molar-refractivity contribution in [2.45, 2.75) is 19.4 Å². The molecule has 1 heteroatoms. The summed E-state index contributed by atoms with van der Waals surface area (Å²) < 4.78 is 0. The summed E-state index contributed by atoms with van der Waals surface area (Å²) >= 11 is 0. The molecule has 0 saturated heterocycles. The smallest absolute Gasteiger partial charge is 0.0881 e. The lowest BCUT2D eigenvalue weighted by Crippen LogP contribution is -2.23. The number of benzene rings is 1. The Morgan fingerprint density at radius 3 is 2.53 bits per heavy atom. The van der Waals surface area contributed by atoms with Gasteiger partial charge in [-0.3, -0.25) is 0 Å². The van der Waals surface area contributed by atoms with E-state index in [0.29, 0.717) is 0 Å². The molecule has 15 heavy (non-hydrogen) atoms. The third kappa shape index (κ3) is 2.02. The molecule has 0 bridgehead atoms. The molecule has 1 aromatic rings. The lowest BCUT2D eigenvalue weighted by atomic mass is 9.76. The van der Waals surface area contributed by atoms with Gasteiger partial charge < -0.3 is 5.11 Å². The molecule has 1 nitrogen and oxygen atoms in total. The molecule has 0 radical (unpaired) electrons. The summed E-state index contributed by atoms with van der Waals surface area (Å²) in [6.45, 7) is 2.09. The predicted molar refractivity (Wildman–Crippen MR) is 62.4 cm³/mol. The van der Waals surface area contributed by atoms with Gasteiger partial charge in [-0.25, -0.2) is 0 Å². The van der Waals surface area contributed by atoms with Crippen LogP contribution < -0.4 is 0 Å². The van der Waals surface area contributed by atoms with Crippen LogP contribution in [0.1, 0.15) is 25.0 Å². The van der Waals surface area contributed by atoms with Gasteiger partial charge in [0, 0.05) is 5.41 Å². The first-order chi connectivity index (χ1) is 7.22. The number of rotatable bonds is 2. The number of hydrogen-bond donors (Lipinski definition) is 1. The summed E-state index contributed by atoms with van der Waals surface area (Å²) in [6.07, 6.45) is 8.69. The molecule has 0 aromatic heterocycles. The van der Waals surface area contributed by atoms with Crippen molar-refractivity contribution in [3.05, 3.63) is 60.2 Å². The molecule has 1 aliphatic rings. The molecule has 1 aliphatic carbocycles. The van der Waals surface area contributed by atoms with Gasteiger partial charge in [0.1, 0.15) is 0 Å². The molecular formula is C14H16O. The Hall–Kier alpha value is -1.34. The SMILES string of the molecule is CC1(C(O)c2ccccc2)C=CC=CC1. The van der Waals surface area contributed by atoms with Crippen molar-refractivity contribution in [2.24, 2.45) is 5.41 Å². The normalized spacial score (nSPS) is 26.5.